The highest BCUT2D eigenvalue weighted by Crippen LogP contribution is 2.25. The highest BCUT2D eigenvalue weighted by atomic mass is 35.5. The quantitative estimate of drug-likeness (QED) is 0.429. The molecule has 0 aromatic carbocycles. The summed E-state index contributed by atoms with van der Waals surface area (Å²) in [7, 11) is 0. The molecular formula is C4H5ClN2OS. The number of aldehydes is 1. The SMILES string of the molecule is NC1=C(Cl)C(C=O)NS1. The fourth-order valence-electron chi connectivity index (χ4n) is 0.468. The van der Waals surface area contributed by atoms with Gasteiger partial charge in [-0.25, -0.2) is 4.72 Å². The summed E-state index contributed by atoms with van der Waals surface area (Å²) in [6.45, 7) is 0. The van der Waals surface area contributed by atoms with Gasteiger partial charge in [-0.1, -0.05) is 11.6 Å². The summed E-state index contributed by atoms with van der Waals surface area (Å²) in [5.74, 6) is 0. The summed E-state index contributed by atoms with van der Waals surface area (Å²) in [5.41, 5.74) is 5.33. The van der Waals surface area contributed by atoms with Gasteiger partial charge in [0.15, 0.2) is 0 Å². The number of carbonyl (C=O) groups excluding carboxylic acids is 1. The minimum atomic E-state index is -0.406. The topological polar surface area (TPSA) is 55.1 Å². The van der Waals surface area contributed by atoms with Crippen molar-refractivity contribution in [3.63, 3.8) is 0 Å². The fourth-order valence-corrected chi connectivity index (χ4v) is 1.41. The molecule has 1 heterocycles. The van der Waals surface area contributed by atoms with Crippen LogP contribution >= 0.6 is 23.5 Å². The Morgan fingerprint density at radius 2 is 2.56 bits per heavy atom. The summed E-state index contributed by atoms with van der Waals surface area (Å²) < 4.78 is 2.72. The van der Waals surface area contributed by atoms with Crippen molar-refractivity contribution >= 4 is 29.8 Å². The lowest BCUT2D eigenvalue weighted by Crippen LogP contribution is -2.19. The largest absolute Gasteiger partial charge is 0.392 e. The minimum Gasteiger partial charge on any atom is -0.392 e. The molecule has 3 nitrogen and oxygen atoms in total. The van der Waals surface area contributed by atoms with Gasteiger partial charge in [-0.3, -0.25) is 0 Å². The van der Waals surface area contributed by atoms with Crippen LogP contribution in [0.3, 0.4) is 0 Å². The summed E-state index contributed by atoms with van der Waals surface area (Å²) in [6, 6.07) is -0.406. The third-order valence-electron chi connectivity index (χ3n) is 0.940. The Labute approximate surface area is 61.8 Å². The van der Waals surface area contributed by atoms with Crippen LogP contribution in [-0.4, -0.2) is 12.3 Å². The van der Waals surface area contributed by atoms with Gasteiger partial charge < -0.3 is 10.5 Å². The van der Waals surface area contributed by atoms with E-state index in [0.717, 1.165) is 6.29 Å². The zero-order chi connectivity index (χ0) is 6.85. The van der Waals surface area contributed by atoms with Gasteiger partial charge in [0.1, 0.15) is 12.3 Å². The van der Waals surface area contributed by atoms with Crippen molar-refractivity contribution in [2.24, 2.45) is 5.73 Å². The molecule has 0 aliphatic carbocycles. The molecule has 0 bridgehead atoms. The second-order valence-electron chi connectivity index (χ2n) is 1.55. The Balaban J connectivity index is 2.74. The molecule has 1 unspecified atom stereocenters. The first kappa shape index (κ1) is 6.92. The molecule has 1 aliphatic heterocycles. The first-order chi connectivity index (χ1) is 4.25. The van der Waals surface area contributed by atoms with Gasteiger partial charge in [-0.15, -0.1) is 0 Å². The molecule has 9 heavy (non-hydrogen) atoms. The Hall–Kier alpha value is -0.190. The van der Waals surface area contributed by atoms with Crippen molar-refractivity contribution in [2.75, 3.05) is 0 Å². The summed E-state index contributed by atoms with van der Waals surface area (Å²) >= 11 is 6.75. The van der Waals surface area contributed by atoms with Gasteiger partial charge in [0.25, 0.3) is 0 Å². The Morgan fingerprint density at radius 1 is 1.89 bits per heavy atom. The van der Waals surface area contributed by atoms with E-state index in [0.29, 0.717) is 10.1 Å². The molecule has 0 saturated carbocycles. The standard InChI is InChI=1S/C4H5ClN2OS/c5-3-2(1-8)7-9-4(3)6/h1-2,7H,6H2. The van der Waals surface area contributed by atoms with Crippen LogP contribution in [0, 0.1) is 0 Å². The molecule has 1 rings (SSSR count). The number of carbonyl (C=O) groups is 1. The van der Waals surface area contributed by atoms with Gasteiger partial charge in [-0.2, -0.15) is 0 Å². The molecule has 0 radical (unpaired) electrons. The van der Waals surface area contributed by atoms with E-state index in [1.54, 1.807) is 0 Å². The van der Waals surface area contributed by atoms with Gasteiger partial charge >= 0.3 is 0 Å². The van der Waals surface area contributed by atoms with E-state index < -0.39 is 6.04 Å². The van der Waals surface area contributed by atoms with Crippen LogP contribution in [-0.2, 0) is 4.79 Å². The maximum absolute atomic E-state index is 10.1. The maximum Gasteiger partial charge on any atom is 0.143 e. The molecule has 1 aliphatic rings. The van der Waals surface area contributed by atoms with Gasteiger partial charge in [0.2, 0.25) is 0 Å². The minimum absolute atomic E-state index is 0.398. The predicted octanol–water partition coefficient (Wildman–Crippen LogP) is 0.172. The van der Waals surface area contributed by atoms with Crippen LogP contribution in [0.15, 0.2) is 10.1 Å². The van der Waals surface area contributed by atoms with E-state index in [9.17, 15) is 4.79 Å². The number of nitrogens with two attached hydrogens (primary N) is 1. The van der Waals surface area contributed by atoms with Crippen molar-refractivity contribution < 1.29 is 4.79 Å². The number of halogens is 1. The van der Waals surface area contributed by atoms with Crippen LogP contribution in [0.4, 0.5) is 0 Å². The average Bonchev–Trinajstić information content (AvgIpc) is 2.15. The first-order valence-electron chi connectivity index (χ1n) is 2.28. The lowest BCUT2D eigenvalue weighted by Gasteiger charge is -1.95. The highest BCUT2D eigenvalue weighted by Gasteiger charge is 2.21. The van der Waals surface area contributed by atoms with Crippen molar-refractivity contribution in [2.45, 2.75) is 6.04 Å². The first-order valence-corrected chi connectivity index (χ1v) is 3.48. The van der Waals surface area contributed by atoms with Crippen molar-refractivity contribution in [1.29, 1.82) is 0 Å². The molecule has 5 heteroatoms. The van der Waals surface area contributed by atoms with Crippen molar-refractivity contribution in [3.05, 3.63) is 10.1 Å². The van der Waals surface area contributed by atoms with Crippen molar-refractivity contribution in [3.8, 4) is 0 Å². The van der Waals surface area contributed by atoms with E-state index >= 15 is 0 Å². The number of nitrogens with one attached hydrogen (secondary N) is 1. The van der Waals surface area contributed by atoms with Gasteiger partial charge in [0, 0.05) is 0 Å². The van der Waals surface area contributed by atoms with E-state index in [1.165, 1.54) is 11.9 Å². The van der Waals surface area contributed by atoms with Crippen LogP contribution in [0.25, 0.3) is 0 Å². The van der Waals surface area contributed by atoms with E-state index in [-0.39, 0.29) is 0 Å². The number of rotatable bonds is 1. The van der Waals surface area contributed by atoms with Crippen LogP contribution in [0.1, 0.15) is 0 Å². The summed E-state index contributed by atoms with van der Waals surface area (Å²) in [6.07, 6.45) is 0.717. The molecular weight excluding hydrogens is 160 g/mol. The van der Waals surface area contributed by atoms with Crippen LogP contribution in [0.2, 0.25) is 0 Å². The second kappa shape index (κ2) is 2.60. The zero-order valence-corrected chi connectivity index (χ0v) is 6.00. The molecule has 50 valence electrons. The third kappa shape index (κ3) is 1.20. The Bertz CT molecular complexity index is 170. The fraction of sp³-hybridized carbons (Fsp3) is 0.250. The lowest BCUT2D eigenvalue weighted by atomic mass is 10.3. The van der Waals surface area contributed by atoms with Crippen LogP contribution in [0.5, 0.6) is 0 Å². The lowest BCUT2D eigenvalue weighted by molar-refractivity contribution is -0.108. The Kier molecular flexibility index (Phi) is 2.00. The van der Waals surface area contributed by atoms with Crippen molar-refractivity contribution in [1.82, 2.24) is 4.72 Å². The summed E-state index contributed by atoms with van der Waals surface area (Å²) in [5, 5.41) is 0.878. The molecule has 0 saturated heterocycles. The van der Waals surface area contributed by atoms with E-state index in [1.807, 2.05) is 0 Å². The monoisotopic (exact) mass is 164 g/mol. The normalized spacial score (nSPS) is 27.0. The van der Waals surface area contributed by atoms with Crippen LogP contribution < -0.4 is 10.5 Å². The average molecular weight is 165 g/mol. The second-order valence-corrected chi connectivity index (χ2v) is 2.83. The van der Waals surface area contributed by atoms with Gasteiger partial charge in [-0.05, 0) is 11.9 Å². The number of hydrogen-bond acceptors (Lipinski definition) is 4. The van der Waals surface area contributed by atoms with E-state index in [2.05, 4.69) is 4.72 Å². The highest BCUT2D eigenvalue weighted by molar-refractivity contribution is 8.01. The molecule has 1 atom stereocenters. The zero-order valence-electron chi connectivity index (χ0n) is 4.43. The predicted molar refractivity (Wildman–Crippen MR) is 37.6 cm³/mol. The summed E-state index contributed by atoms with van der Waals surface area (Å²) in [4.78, 5) is 10.1. The maximum atomic E-state index is 10.1. The number of hydrogen-bond donors (Lipinski definition) is 2. The molecule has 0 spiro atoms. The third-order valence-corrected chi connectivity index (χ3v) is 2.30. The Morgan fingerprint density at radius 3 is 2.78 bits per heavy atom. The molecule has 0 aromatic rings. The molecule has 0 aromatic heterocycles. The molecule has 3 N–H and O–H groups in total. The van der Waals surface area contributed by atoms with E-state index in [4.69, 9.17) is 17.3 Å². The smallest absolute Gasteiger partial charge is 0.143 e. The van der Waals surface area contributed by atoms with Gasteiger partial charge in [0.05, 0.1) is 10.1 Å². The molecule has 0 fully saturated rings. The molecule has 0 amide bonds.